The maximum Gasteiger partial charge on any atom is 0.187 e. The fourth-order valence-electron chi connectivity index (χ4n) is 7.08. The number of benzene rings is 1. The van der Waals surface area contributed by atoms with E-state index in [-0.39, 0.29) is 19.6 Å². The van der Waals surface area contributed by atoms with E-state index in [4.69, 9.17) is 66.6 Å². The zero-order chi connectivity index (χ0) is 36.6. The van der Waals surface area contributed by atoms with E-state index < -0.39 is 129 Å². The molecule has 1 aliphatic carbocycles. The molecule has 4 aliphatic heterocycles. The minimum absolute atomic E-state index is 0.0463. The Labute approximate surface area is 294 Å². The normalized spacial score (nSPS) is 49.2. The van der Waals surface area contributed by atoms with Gasteiger partial charge in [-0.3, -0.25) is 0 Å². The maximum atomic E-state index is 11.3. The Bertz CT molecular complexity index is 1290. The lowest BCUT2D eigenvalue weighted by Gasteiger charge is -2.49. The summed E-state index contributed by atoms with van der Waals surface area (Å²) in [7, 11) is 0. The SMILES string of the molecule is NC[C@H]1O[C@@H](O[C@H]2[C@@H](O)[C@H](O[C@H]3[C@H](O)[C@@H](N)C[C@@H](N)[C@@H]3O[C@H]3O[C@@H]4CO[C@@H](/C=C/c5ccccc5)O[C@H]4[C@H](O)[C@H]3N)O[C@@H]2CO)[C@@H](N)[C@H](O)[C@H]1O. The zero-order valence-corrected chi connectivity index (χ0v) is 27.8. The van der Waals surface area contributed by atoms with Crippen molar-refractivity contribution < 1.29 is 68.5 Å². The van der Waals surface area contributed by atoms with E-state index in [0.29, 0.717) is 0 Å². The van der Waals surface area contributed by atoms with Gasteiger partial charge in [0.1, 0.15) is 67.1 Å². The standard InChI is InChI=1S/C32H51N5O14/c33-9-15-22(40)23(41)19(36)30(45-15)50-27-16(10-38)46-32(25(27)43)51-29-21(39)13(34)8-14(35)26(29)49-31-20(37)24(42)28-17(47-31)11-44-18(48-28)7-6-12-4-2-1-3-5-12/h1-7,13-32,38-43H,8-11,33-37H2/b7-6+/t13-,14+,15+,16+,17+,18+,19-,20+,21+,22-,23-,24+,25+,26-,27+,28+,29-,30-,31+,32-/m0/s1. The summed E-state index contributed by atoms with van der Waals surface area (Å²) in [5.74, 6) is 0. The summed E-state index contributed by atoms with van der Waals surface area (Å²) in [5.41, 5.74) is 31.7. The van der Waals surface area contributed by atoms with Gasteiger partial charge in [-0.15, -0.1) is 0 Å². The van der Waals surface area contributed by atoms with Crippen molar-refractivity contribution in [1.29, 1.82) is 0 Å². The van der Waals surface area contributed by atoms with Crippen LogP contribution in [-0.2, 0) is 37.9 Å². The molecule has 0 spiro atoms. The molecular formula is C32H51N5O14. The van der Waals surface area contributed by atoms with Crippen LogP contribution < -0.4 is 28.7 Å². The Morgan fingerprint density at radius 1 is 0.686 bits per heavy atom. The molecular weight excluding hydrogens is 678 g/mol. The second-order valence-electron chi connectivity index (χ2n) is 13.6. The fourth-order valence-corrected chi connectivity index (χ4v) is 7.08. The van der Waals surface area contributed by atoms with Gasteiger partial charge < -0.3 is 97.2 Å². The quantitative estimate of drug-likeness (QED) is 0.107. The van der Waals surface area contributed by atoms with Gasteiger partial charge in [0, 0.05) is 18.6 Å². The molecule has 0 aromatic heterocycles. The van der Waals surface area contributed by atoms with Gasteiger partial charge in [-0.05, 0) is 18.1 Å². The highest BCUT2D eigenvalue weighted by atomic mass is 16.8. The van der Waals surface area contributed by atoms with E-state index in [1.807, 2.05) is 36.4 Å². The van der Waals surface area contributed by atoms with Gasteiger partial charge in [-0.2, -0.15) is 0 Å². The molecule has 5 aliphatic rings. The van der Waals surface area contributed by atoms with Crippen LogP contribution in [0.15, 0.2) is 36.4 Å². The Morgan fingerprint density at radius 2 is 1.33 bits per heavy atom. The first-order valence-corrected chi connectivity index (χ1v) is 17.1. The van der Waals surface area contributed by atoms with Crippen molar-refractivity contribution in [3.05, 3.63) is 42.0 Å². The maximum absolute atomic E-state index is 11.3. The monoisotopic (exact) mass is 729 g/mol. The van der Waals surface area contributed by atoms with Gasteiger partial charge in [0.2, 0.25) is 0 Å². The van der Waals surface area contributed by atoms with E-state index in [0.717, 1.165) is 5.56 Å². The van der Waals surface area contributed by atoms with Crippen LogP contribution in [0.4, 0.5) is 0 Å². The summed E-state index contributed by atoms with van der Waals surface area (Å²) in [6.45, 7) is -0.755. The van der Waals surface area contributed by atoms with Gasteiger partial charge in [0.15, 0.2) is 25.2 Å². The van der Waals surface area contributed by atoms with Gasteiger partial charge >= 0.3 is 0 Å². The van der Waals surface area contributed by atoms with Crippen LogP contribution in [0.5, 0.6) is 0 Å². The lowest BCUT2D eigenvalue weighted by molar-refractivity contribution is -0.347. The Balaban J connectivity index is 1.12. The first kappa shape index (κ1) is 38.9. The number of nitrogens with two attached hydrogens (primary N) is 5. The molecule has 4 heterocycles. The molecule has 4 saturated heterocycles. The molecule has 6 rings (SSSR count). The largest absolute Gasteiger partial charge is 0.394 e. The first-order chi connectivity index (χ1) is 24.4. The van der Waals surface area contributed by atoms with Crippen molar-refractivity contribution in [3.8, 4) is 0 Å². The van der Waals surface area contributed by atoms with Crippen molar-refractivity contribution in [1.82, 2.24) is 0 Å². The zero-order valence-electron chi connectivity index (χ0n) is 27.8. The lowest BCUT2D eigenvalue weighted by Crippen LogP contribution is -2.69. The van der Waals surface area contributed by atoms with Gasteiger partial charge in [-0.1, -0.05) is 36.4 Å². The fraction of sp³-hybridized carbons (Fsp3) is 0.750. The van der Waals surface area contributed by atoms with Gasteiger partial charge in [0.05, 0.1) is 31.4 Å². The number of aliphatic hydroxyl groups excluding tert-OH is 6. The summed E-state index contributed by atoms with van der Waals surface area (Å²) in [4.78, 5) is 0. The van der Waals surface area contributed by atoms with Gasteiger partial charge in [-0.25, -0.2) is 0 Å². The molecule has 0 amide bonds. The summed E-state index contributed by atoms with van der Waals surface area (Å²) in [5, 5.41) is 64.3. The molecule has 20 atom stereocenters. The minimum Gasteiger partial charge on any atom is -0.394 e. The van der Waals surface area contributed by atoms with Crippen LogP contribution in [0.3, 0.4) is 0 Å². The number of hydrogen-bond acceptors (Lipinski definition) is 19. The number of fused-ring (bicyclic) bond motifs is 1. The summed E-state index contributed by atoms with van der Waals surface area (Å²) < 4.78 is 47.5. The number of aliphatic hydroxyl groups is 6. The molecule has 0 radical (unpaired) electrons. The topological polar surface area (TPSA) is 325 Å². The van der Waals surface area contributed by atoms with Crippen molar-refractivity contribution >= 4 is 6.08 Å². The van der Waals surface area contributed by atoms with E-state index >= 15 is 0 Å². The highest BCUT2D eigenvalue weighted by molar-refractivity contribution is 5.49. The summed E-state index contributed by atoms with van der Waals surface area (Å²) in [6, 6.07) is 5.48. The molecule has 16 N–H and O–H groups in total. The van der Waals surface area contributed by atoms with Crippen LogP contribution in [0.2, 0.25) is 0 Å². The second kappa shape index (κ2) is 16.7. The lowest BCUT2D eigenvalue weighted by atomic mass is 9.84. The van der Waals surface area contributed by atoms with Crippen molar-refractivity contribution in [3.63, 3.8) is 0 Å². The predicted molar refractivity (Wildman–Crippen MR) is 173 cm³/mol. The highest BCUT2D eigenvalue weighted by Crippen LogP contribution is 2.35. The van der Waals surface area contributed by atoms with Crippen LogP contribution in [0, 0.1) is 0 Å². The molecule has 1 saturated carbocycles. The number of hydrogen-bond donors (Lipinski definition) is 11. The molecule has 1 aromatic rings. The first-order valence-electron chi connectivity index (χ1n) is 17.1. The molecule has 19 nitrogen and oxygen atoms in total. The van der Waals surface area contributed by atoms with Crippen LogP contribution in [0.1, 0.15) is 12.0 Å². The summed E-state index contributed by atoms with van der Waals surface area (Å²) in [6.07, 6.45) is -15.9. The summed E-state index contributed by atoms with van der Waals surface area (Å²) >= 11 is 0. The Hall–Kier alpha value is -1.80. The third kappa shape index (κ3) is 8.17. The third-order valence-corrected chi connectivity index (χ3v) is 10.1. The van der Waals surface area contributed by atoms with Crippen molar-refractivity contribution in [2.24, 2.45) is 28.7 Å². The molecule has 51 heavy (non-hydrogen) atoms. The number of ether oxygens (including phenoxy) is 8. The minimum atomic E-state index is -1.60. The molecule has 288 valence electrons. The van der Waals surface area contributed by atoms with Crippen molar-refractivity contribution in [2.45, 2.75) is 129 Å². The average molecular weight is 730 g/mol. The molecule has 1 aromatic carbocycles. The average Bonchev–Trinajstić information content (AvgIpc) is 3.43. The third-order valence-electron chi connectivity index (χ3n) is 10.1. The van der Waals surface area contributed by atoms with E-state index in [1.54, 1.807) is 6.08 Å². The van der Waals surface area contributed by atoms with Crippen LogP contribution in [0.25, 0.3) is 6.08 Å². The van der Waals surface area contributed by atoms with E-state index in [1.165, 1.54) is 0 Å². The van der Waals surface area contributed by atoms with Crippen LogP contribution in [-0.4, -0.2) is 173 Å². The predicted octanol–water partition coefficient (Wildman–Crippen LogP) is -5.76. The molecule has 0 unspecified atom stereocenters. The van der Waals surface area contributed by atoms with Crippen LogP contribution >= 0.6 is 0 Å². The Morgan fingerprint density at radius 3 is 2.04 bits per heavy atom. The number of rotatable bonds is 10. The van der Waals surface area contributed by atoms with Gasteiger partial charge in [0.25, 0.3) is 0 Å². The molecule has 0 bridgehead atoms. The molecule has 5 fully saturated rings. The van der Waals surface area contributed by atoms with E-state index in [2.05, 4.69) is 0 Å². The van der Waals surface area contributed by atoms with Crippen molar-refractivity contribution in [2.75, 3.05) is 19.8 Å². The second-order valence-corrected chi connectivity index (χ2v) is 13.6. The van der Waals surface area contributed by atoms with E-state index in [9.17, 15) is 30.6 Å². The smallest absolute Gasteiger partial charge is 0.187 e. The Kier molecular flexibility index (Phi) is 12.7. The molecule has 19 heteroatoms. The highest BCUT2D eigenvalue weighted by Gasteiger charge is 2.55.